The molecular formula is C35H39NO4S2. The van der Waals surface area contributed by atoms with E-state index in [-0.39, 0.29) is 5.91 Å². The van der Waals surface area contributed by atoms with Gasteiger partial charge in [0.15, 0.2) is 0 Å². The van der Waals surface area contributed by atoms with E-state index in [9.17, 15) is 14.7 Å². The van der Waals surface area contributed by atoms with Gasteiger partial charge in [-0.15, -0.1) is 11.3 Å². The van der Waals surface area contributed by atoms with Gasteiger partial charge in [-0.05, 0) is 89.8 Å². The van der Waals surface area contributed by atoms with Crippen molar-refractivity contribution in [3.63, 3.8) is 0 Å². The van der Waals surface area contributed by atoms with Crippen molar-refractivity contribution in [3.8, 4) is 21.6 Å². The van der Waals surface area contributed by atoms with Gasteiger partial charge >= 0.3 is 5.97 Å². The van der Waals surface area contributed by atoms with Crippen molar-refractivity contribution in [2.45, 2.75) is 58.8 Å². The van der Waals surface area contributed by atoms with E-state index >= 15 is 0 Å². The Morgan fingerprint density at radius 3 is 2.45 bits per heavy atom. The molecule has 0 aliphatic heterocycles. The number of ether oxygens (including phenoxy) is 1. The highest BCUT2D eigenvalue weighted by atomic mass is 32.2. The first-order chi connectivity index (χ1) is 20.4. The molecule has 5 nitrogen and oxygen atoms in total. The van der Waals surface area contributed by atoms with E-state index in [1.54, 1.807) is 29.2 Å². The third-order valence-electron chi connectivity index (χ3n) is 7.23. The van der Waals surface area contributed by atoms with Gasteiger partial charge in [0, 0.05) is 15.3 Å². The fourth-order valence-electron chi connectivity index (χ4n) is 4.88. The highest BCUT2D eigenvalue weighted by molar-refractivity contribution is 7.98. The summed E-state index contributed by atoms with van der Waals surface area (Å²) < 4.78 is 6.27. The summed E-state index contributed by atoms with van der Waals surface area (Å²) >= 11 is 3.35. The summed E-state index contributed by atoms with van der Waals surface area (Å²) in [5.74, 6) is -0.765. The van der Waals surface area contributed by atoms with Crippen LogP contribution in [-0.2, 0) is 29.2 Å². The molecule has 0 unspecified atom stereocenters. The van der Waals surface area contributed by atoms with Gasteiger partial charge in [-0.25, -0.2) is 4.79 Å². The first-order valence-corrected chi connectivity index (χ1v) is 16.6. The number of benzene rings is 3. The largest absolute Gasteiger partial charge is 0.480 e. The Morgan fingerprint density at radius 2 is 1.74 bits per heavy atom. The Bertz CT molecular complexity index is 1480. The van der Waals surface area contributed by atoms with Crippen molar-refractivity contribution >= 4 is 35.0 Å². The lowest BCUT2D eigenvalue weighted by Crippen LogP contribution is -2.41. The molecule has 1 heterocycles. The number of nitrogens with one attached hydrogen (secondary N) is 1. The third-order valence-corrected chi connectivity index (χ3v) is 9.08. The smallest absolute Gasteiger partial charge is 0.326 e. The van der Waals surface area contributed by atoms with Crippen LogP contribution < -0.4 is 5.32 Å². The minimum Gasteiger partial charge on any atom is -0.480 e. The van der Waals surface area contributed by atoms with Crippen LogP contribution in [-0.4, -0.2) is 35.0 Å². The first kappa shape index (κ1) is 31.5. The average molecular weight is 602 g/mol. The number of hydrogen-bond donors (Lipinski definition) is 2. The maximum atomic E-state index is 13.4. The molecule has 0 bridgehead atoms. The fourth-order valence-corrected chi connectivity index (χ4v) is 6.51. The van der Waals surface area contributed by atoms with Crippen LogP contribution in [0, 0.1) is 6.92 Å². The number of rotatable bonds is 15. The number of carboxylic acid groups (broad SMARTS) is 1. The normalized spacial score (nSPS) is 11.8. The van der Waals surface area contributed by atoms with Gasteiger partial charge in [0.05, 0.1) is 13.2 Å². The van der Waals surface area contributed by atoms with Crippen molar-refractivity contribution in [2.24, 2.45) is 0 Å². The number of amides is 1. The van der Waals surface area contributed by atoms with Gasteiger partial charge in [-0.1, -0.05) is 74.0 Å². The molecule has 2 N–H and O–H groups in total. The van der Waals surface area contributed by atoms with E-state index in [2.05, 4.69) is 42.6 Å². The third kappa shape index (κ3) is 8.34. The van der Waals surface area contributed by atoms with Crippen molar-refractivity contribution in [1.82, 2.24) is 5.32 Å². The van der Waals surface area contributed by atoms with Crippen molar-refractivity contribution in [2.75, 3.05) is 12.0 Å². The molecule has 0 aliphatic rings. The molecule has 0 spiro atoms. The number of carbonyl (C=O) groups is 2. The highest BCUT2D eigenvalue weighted by Gasteiger charge is 2.23. The number of hydrogen-bond acceptors (Lipinski definition) is 5. The zero-order valence-corrected chi connectivity index (χ0v) is 26.2. The fraction of sp³-hybridized carbons (Fsp3) is 0.314. The quantitative estimate of drug-likeness (QED) is 0.143. The van der Waals surface area contributed by atoms with Crippen molar-refractivity contribution in [3.05, 3.63) is 106 Å². The van der Waals surface area contributed by atoms with Gasteiger partial charge in [-0.2, -0.15) is 11.8 Å². The SMILES string of the molecule is CCCCc1cc(-c2ccccc2)sc1COCc1ccc(C(=O)N[C@@H](CCSC)C(=O)O)c(-c2ccccc2C)c1. The summed E-state index contributed by atoms with van der Waals surface area (Å²) in [6, 6.07) is 25.4. The molecule has 0 saturated carbocycles. The number of aryl methyl sites for hydroxylation is 2. The monoisotopic (exact) mass is 601 g/mol. The molecule has 0 radical (unpaired) electrons. The van der Waals surface area contributed by atoms with Crippen LogP contribution in [0.15, 0.2) is 78.9 Å². The predicted molar refractivity (Wildman–Crippen MR) is 175 cm³/mol. The molecule has 3 aromatic carbocycles. The van der Waals surface area contributed by atoms with Crippen LogP contribution in [0.3, 0.4) is 0 Å². The van der Waals surface area contributed by atoms with Gasteiger partial charge in [0.1, 0.15) is 6.04 Å². The van der Waals surface area contributed by atoms with Crippen LogP contribution >= 0.6 is 23.1 Å². The molecule has 4 rings (SSSR count). The molecule has 1 aromatic heterocycles. The van der Waals surface area contributed by atoms with E-state index in [1.165, 1.54) is 20.9 Å². The van der Waals surface area contributed by atoms with Crippen LogP contribution in [0.2, 0.25) is 0 Å². The molecule has 1 atom stereocenters. The minimum atomic E-state index is -1.03. The van der Waals surface area contributed by atoms with Gasteiger partial charge < -0.3 is 15.2 Å². The maximum absolute atomic E-state index is 13.4. The van der Waals surface area contributed by atoms with Gasteiger partial charge in [0.2, 0.25) is 0 Å². The molecule has 220 valence electrons. The summed E-state index contributed by atoms with van der Waals surface area (Å²) in [4.78, 5) is 27.7. The Morgan fingerprint density at radius 1 is 0.976 bits per heavy atom. The van der Waals surface area contributed by atoms with Crippen LogP contribution in [0.1, 0.15) is 58.1 Å². The zero-order valence-electron chi connectivity index (χ0n) is 24.5. The topological polar surface area (TPSA) is 75.6 Å². The average Bonchev–Trinajstić information content (AvgIpc) is 3.41. The van der Waals surface area contributed by atoms with Gasteiger partial charge in [0.25, 0.3) is 5.91 Å². The highest BCUT2D eigenvalue weighted by Crippen LogP contribution is 2.34. The molecule has 1 amide bonds. The molecular weight excluding hydrogens is 563 g/mol. The molecule has 42 heavy (non-hydrogen) atoms. The Labute approximate surface area is 257 Å². The van der Waals surface area contributed by atoms with Crippen molar-refractivity contribution in [1.29, 1.82) is 0 Å². The first-order valence-electron chi connectivity index (χ1n) is 14.4. The number of thioether (sulfide) groups is 1. The second kappa shape index (κ2) is 15.7. The summed E-state index contributed by atoms with van der Waals surface area (Å²) in [7, 11) is 0. The maximum Gasteiger partial charge on any atom is 0.326 e. The Balaban J connectivity index is 1.55. The molecule has 4 aromatic rings. The van der Waals surface area contributed by atoms with Crippen LogP contribution in [0.4, 0.5) is 0 Å². The number of unbranched alkanes of at least 4 members (excludes halogenated alkanes) is 1. The van der Waals surface area contributed by atoms with Gasteiger partial charge in [-0.3, -0.25) is 4.79 Å². The summed E-state index contributed by atoms with van der Waals surface area (Å²) in [6.07, 6.45) is 5.60. The summed E-state index contributed by atoms with van der Waals surface area (Å²) in [5.41, 5.74) is 6.73. The molecule has 0 fully saturated rings. The lowest BCUT2D eigenvalue weighted by molar-refractivity contribution is -0.139. The van der Waals surface area contributed by atoms with Crippen LogP contribution in [0.5, 0.6) is 0 Å². The van der Waals surface area contributed by atoms with E-state index in [0.717, 1.165) is 41.5 Å². The van der Waals surface area contributed by atoms with Crippen molar-refractivity contribution < 1.29 is 19.4 Å². The molecule has 0 aliphatic carbocycles. The zero-order chi connectivity index (χ0) is 29.9. The van der Waals surface area contributed by atoms with E-state index in [1.807, 2.05) is 55.6 Å². The second-order valence-electron chi connectivity index (χ2n) is 10.4. The Kier molecular flexibility index (Phi) is 11.8. The number of aliphatic carboxylic acids is 1. The molecule has 7 heteroatoms. The number of thiophene rings is 1. The van der Waals surface area contributed by atoms with E-state index in [0.29, 0.717) is 31.0 Å². The lowest BCUT2D eigenvalue weighted by atomic mass is 9.93. The number of carbonyl (C=O) groups excluding carboxylic acids is 1. The van der Waals surface area contributed by atoms with Crippen LogP contribution in [0.25, 0.3) is 21.6 Å². The molecule has 0 saturated heterocycles. The summed E-state index contributed by atoms with van der Waals surface area (Å²) in [6.45, 7) is 5.15. The van der Waals surface area contributed by atoms with E-state index < -0.39 is 12.0 Å². The lowest BCUT2D eigenvalue weighted by Gasteiger charge is -2.18. The number of carboxylic acids is 1. The van der Waals surface area contributed by atoms with E-state index in [4.69, 9.17) is 4.74 Å². The Hall–Kier alpha value is -3.39. The summed E-state index contributed by atoms with van der Waals surface area (Å²) in [5, 5.41) is 12.4. The second-order valence-corrected chi connectivity index (χ2v) is 12.5. The standard InChI is InChI=1S/C35H39NO4S2/c1-4-5-12-27-21-32(26-13-7-6-8-14-26)42-33(27)23-40-22-25-16-17-29(30(20-25)28-15-10-9-11-24(28)2)34(37)36-31(35(38)39)18-19-41-3/h6-11,13-17,20-21,31H,4-5,12,18-19,22-23H2,1-3H3,(H,36,37)(H,38,39)/t31-/m0/s1. The minimum absolute atomic E-state index is 0.364. The predicted octanol–water partition coefficient (Wildman–Crippen LogP) is 8.39.